The van der Waals surface area contributed by atoms with Crippen molar-refractivity contribution in [1.82, 2.24) is 9.78 Å². The molecule has 0 bridgehead atoms. The highest BCUT2D eigenvalue weighted by atomic mass is 16.2. The molecule has 34 heavy (non-hydrogen) atoms. The lowest BCUT2D eigenvalue weighted by Gasteiger charge is -2.29. The summed E-state index contributed by atoms with van der Waals surface area (Å²) in [6.45, 7) is 0.582. The lowest BCUT2D eigenvalue weighted by atomic mass is 10.1. The average Bonchev–Trinajstić information content (AvgIpc) is 3.37. The first kappa shape index (κ1) is 21.1. The van der Waals surface area contributed by atoms with Crippen molar-refractivity contribution < 1.29 is 14.4 Å². The Balaban J connectivity index is 1.25. The number of benzene rings is 3. The molecular weight excluding hydrogens is 430 g/mol. The SMILES string of the molecule is O=C1CN(C(=O)c2ccc(NC(=O)c3ccc(Cn4cccn4)cc3)cc2)c2ccccc2N1. The van der Waals surface area contributed by atoms with E-state index in [1.54, 1.807) is 60.8 Å². The summed E-state index contributed by atoms with van der Waals surface area (Å²) in [6.07, 6.45) is 3.61. The van der Waals surface area contributed by atoms with Gasteiger partial charge < -0.3 is 10.6 Å². The fraction of sp³-hybridized carbons (Fsp3) is 0.0769. The molecule has 3 amide bonds. The van der Waals surface area contributed by atoms with Crippen molar-refractivity contribution in [3.05, 3.63) is 108 Å². The Hall–Kier alpha value is -4.72. The average molecular weight is 451 g/mol. The van der Waals surface area contributed by atoms with Crippen LogP contribution < -0.4 is 15.5 Å². The Bertz CT molecular complexity index is 1350. The van der Waals surface area contributed by atoms with E-state index in [4.69, 9.17) is 0 Å². The van der Waals surface area contributed by atoms with Gasteiger partial charge >= 0.3 is 0 Å². The highest BCUT2D eigenvalue weighted by molar-refractivity contribution is 6.15. The highest BCUT2D eigenvalue weighted by Crippen LogP contribution is 2.30. The maximum atomic E-state index is 13.1. The van der Waals surface area contributed by atoms with Crippen LogP contribution in [0.4, 0.5) is 17.1 Å². The summed E-state index contributed by atoms with van der Waals surface area (Å²) >= 11 is 0. The van der Waals surface area contributed by atoms with Gasteiger partial charge in [-0.2, -0.15) is 5.10 Å². The van der Waals surface area contributed by atoms with E-state index in [-0.39, 0.29) is 24.3 Å². The van der Waals surface area contributed by atoms with Gasteiger partial charge in [0.15, 0.2) is 0 Å². The van der Waals surface area contributed by atoms with Crippen molar-refractivity contribution in [1.29, 1.82) is 0 Å². The van der Waals surface area contributed by atoms with Gasteiger partial charge in [-0.25, -0.2) is 0 Å². The zero-order valence-corrected chi connectivity index (χ0v) is 18.1. The molecule has 1 aliphatic rings. The van der Waals surface area contributed by atoms with E-state index >= 15 is 0 Å². The predicted molar refractivity (Wildman–Crippen MR) is 129 cm³/mol. The van der Waals surface area contributed by atoms with Gasteiger partial charge in [0.1, 0.15) is 6.54 Å². The molecule has 0 fully saturated rings. The maximum absolute atomic E-state index is 13.1. The van der Waals surface area contributed by atoms with Gasteiger partial charge in [-0.1, -0.05) is 24.3 Å². The van der Waals surface area contributed by atoms with Gasteiger partial charge in [-0.05, 0) is 60.2 Å². The van der Waals surface area contributed by atoms with Gasteiger partial charge in [0.2, 0.25) is 5.91 Å². The predicted octanol–water partition coefficient (Wildman–Crippen LogP) is 3.78. The molecule has 3 aromatic carbocycles. The van der Waals surface area contributed by atoms with Gasteiger partial charge in [0.25, 0.3) is 11.8 Å². The normalized spacial score (nSPS) is 12.6. The molecule has 0 saturated carbocycles. The van der Waals surface area contributed by atoms with Crippen LogP contribution in [-0.4, -0.2) is 34.0 Å². The van der Waals surface area contributed by atoms with Crippen LogP contribution in [0.15, 0.2) is 91.3 Å². The first-order chi connectivity index (χ1) is 16.6. The topological polar surface area (TPSA) is 96.3 Å². The molecule has 2 N–H and O–H groups in total. The summed E-state index contributed by atoms with van der Waals surface area (Å²) < 4.78 is 1.81. The Morgan fingerprint density at radius 3 is 2.38 bits per heavy atom. The highest BCUT2D eigenvalue weighted by Gasteiger charge is 2.27. The number of aromatic nitrogens is 2. The maximum Gasteiger partial charge on any atom is 0.258 e. The second-order valence-electron chi connectivity index (χ2n) is 7.89. The number of anilines is 3. The summed E-state index contributed by atoms with van der Waals surface area (Å²) in [7, 11) is 0. The van der Waals surface area contributed by atoms with E-state index in [0.29, 0.717) is 34.7 Å². The molecule has 0 radical (unpaired) electrons. The van der Waals surface area contributed by atoms with E-state index in [1.807, 2.05) is 35.1 Å². The van der Waals surface area contributed by atoms with Crippen molar-refractivity contribution in [2.45, 2.75) is 6.54 Å². The molecule has 0 spiro atoms. The van der Waals surface area contributed by atoms with Crippen LogP contribution in [-0.2, 0) is 11.3 Å². The molecule has 2 heterocycles. The zero-order valence-electron chi connectivity index (χ0n) is 18.1. The second-order valence-corrected chi connectivity index (χ2v) is 7.89. The number of carbonyl (C=O) groups excluding carboxylic acids is 3. The van der Waals surface area contributed by atoms with Gasteiger partial charge in [0, 0.05) is 29.2 Å². The van der Waals surface area contributed by atoms with Crippen molar-refractivity contribution >= 4 is 34.8 Å². The second kappa shape index (κ2) is 9.03. The van der Waals surface area contributed by atoms with E-state index in [1.165, 1.54) is 4.90 Å². The van der Waals surface area contributed by atoms with Crippen LogP contribution in [0.5, 0.6) is 0 Å². The van der Waals surface area contributed by atoms with Crippen molar-refractivity contribution in [2.75, 3.05) is 22.1 Å². The van der Waals surface area contributed by atoms with E-state index in [9.17, 15) is 14.4 Å². The monoisotopic (exact) mass is 451 g/mol. The molecule has 8 heteroatoms. The van der Waals surface area contributed by atoms with Crippen molar-refractivity contribution in [2.24, 2.45) is 0 Å². The molecule has 0 saturated heterocycles. The van der Waals surface area contributed by atoms with Crippen molar-refractivity contribution in [3.8, 4) is 0 Å². The minimum absolute atomic E-state index is 0.0509. The van der Waals surface area contributed by atoms with E-state index in [0.717, 1.165) is 5.56 Å². The van der Waals surface area contributed by atoms with Crippen LogP contribution >= 0.6 is 0 Å². The smallest absolute Gasteiger partial charge is 0.258 e. The number of hydrogen-bond donors (Lipinski definition) is 2. The number of nitrogens with one attached hydrogen (secondary N) is 2. The molecule has 1 aliphatic heterocycles. The van der Waals surface area contributed by atoms with Crippen LogP contribution in [0.3, 0.4) is 0 Å². The number of rotatable bonds is 5. The number of nitrogens with zero attached hydrogens (tertiary/aromatic N) is 3. The van der Waals surface area contributed by atoms with Crippen LogP contribution in [0.2, 0.25) is 0 Å². The summed E-state index contributed by atoms with van der Waals surface area (Å²) in [4.78, 5) is 39.2. The lowest BCUT2D eigenvalue weighted by molar-refractivity contribution is -0.115. The fourth-order valence-corrected chi connectivity index (χ4v) is 3.81. The molecule has 0 atom stereocenters. The number of fused-ring (bicyclic) bond motifs is 1. The lowest BCUT2D eigenvalue weighted by Crippen LogP contribution is -2.42. The van der Waals surface area contributed by atoms with Crippen molar-refractivity contribution in [3.63, 3.8) is 0 Å². The molecule has 0 unspecified atom stereocenters. The third kappa shape index (κ3) is 4.42. The molecule has 0 aliphatic carbocycles. The third-order valence-corrected chi connectivity index (χ3v) is 5.53. The largest absolute Gasteiger partial charge is 0.323 e. The van der Waals surface area contributed by atoms with Gasteiger partial charge in [-0.3, -0.25) is 24.0 Å². The number of amides is 3. The Labute approximate surface area is 195 Å². The minimum atomic E-state index is -0.284. The number of para-hydroxylation sites is 2. The molecule has 8 nitrogen and oxygen atoms in total. The Morgan fingerprint density at radius 1 is 0.912 bits per heavy atom. The molecule has 1 aromatic heterocycles. The molecular formula is C26H21N5O3. The quantitative estimate of drug-likeness (QED) is 0.483. The molecule has 5 rings (SSSR count). The van der Waals surface area contributed by atoms with Gasteiger partial charge in [-0.15, -0.1) is 0 Å². The fourth-order valence-electron chi connectivity index (χ4n) is 3.81. The van der Waals surface area contributed by atoms with E-state index < -0.39 is 0 Å². The van der Waals surface area contributed by atoms with E-state index in [2.05, 4.69) is 15.7 Å². The number of hydrogen-bond acceptors (Lipinski definition) is 4. The standard InChI is InChI=1S/C26H21N5O3/c32-24-17-31(23-5-2-1-4-22(23)29-24)26(34)20-10-12-21(13-11-20)28-25(33)19-8-6-18(7-9-19)16-30-15-3-14-27-30/h1-15H,16-17H2,(H,28,33)(H,29,32). The minimum Gasteiger partial charge on any atom is -0.323 e. The number of carbonyl (C=O) groups is 3. The third-order valence-electron chi connectivity index (χ3n) is 5.53. The summed E-state index contributed by atoms with van der Waals surface area (Å²) in [6, 6.07) is 23.0. The van der Waals surface area contributed by atoms with Gasteiger partial charge in [0.05, 0.1) is 17.9 Å². The van der Waals surface area contributed by atoms with Crippen LogP contribution in [0.1, 0.15) is 26.3 Å². The van der Waals surface area contributed by atoms with Crippen LogP contribution in [0, 0.1) is 0 Å². The first-order valence-corrected chi connectivity index (χ1v) is 10.8. The summed E-state index contributed by atoms with van der Waals surface area (Å²) in [5, 5.41) is 9.80. The summed E-state index contributed by atoms with van der Waals surface area (Å²) in [5.41, 5.74) is 3.81. The summed E-state index contributed by atoms with van der Waals surface area (Å²) in [5.74, 6) is -0.772. The Morgan fingerprint density at radius 2 is 1.65 bits per heavy atom. The first-order valence-electron chi connectivity index (χ1n) is 10.8. The zero-order chi connectivity index (χ0) is 23.5. The Kier molecular flexibility index (Phi) is 5.61. The molecule has 4 aromatic rings. The molecule has 168 valence electrons. The van der Waals surface area contributed by atoms with Crippen LogP contribution in [0.25, 0.3) is 0 Å².